The Kier molecular flexibility index (Phi) is 4.84. The van der Waals surface area contributed by atoms with Crippen molar-refractivity contribution in [2.24, 2.45) is 17.3 Å². The third-order valence-electron chi connectivity index (χ3n) is 5.67. The quantitative estimate of drug-likeness (QED) is 0.708. The van der Waals surface area contributed by atoms with Crippen LogP contribution in [0.4, 0.5) is 0 Å². The Bertz CT molecular complexity index is 492. The molecule has 0 amide bonds. The van der Waals surface area contributed by atoms with Crippen LogP contribution in [-0.2, 0) is 14.8 Å². The van der Waals surface area contributed by atoms with E-state index in [0.29, 0.717) is 25.4 Å². The molecule has 6 heteroatoms. The second kappa shape index (κ2) is 6.38. The third-order valence-corrected chi connectivity index (χ3v) is 7.69. The van der Waals surface area contributed by atoms with Gasteiger partial charge in [-0.25, -0.2) is 12.7 Å². The lowest BCUT2D eigenvalue weighted by atomic mass is 9.78. The molecule has 2 heterocycles. The summed E-state index contributed by atoms with van der Waals surface area (Å²) in [5.41, 5.74) is 0.117. The van der Waals surface area contributed by atoms with Crippen LogP contribution in [0.1, 0.15) is 32.6 Å². The van der Waals surface area contributed by atoms with E-state index in [4.69, 9.17) is 4.74 Å². The number of nitrogens with zero attached hydrogens (tertiary/aromatic N) is 2. The molecule has 2 saturated heterocycles. The van der Waals surface area contributed by atoms with Gasteiger partial charge in [-0.05, 0) is 31.6 Å². The molecule has 1 aliphatic carbocycles. The summed E-state index contributed by atoms with van der Waals surface area (Å²) in [6, 6.07) is 0. The number of likely N-dealkylation sites (tertiary alicyclic amines) is 1. The number of hydrogen-bond acceptors (Lipinski definition) is 4. The minimum atomic E-state index is -3.07. The third kappa shape index (κ3) is 3.35. The number of sulfonamides is 1. The van der Waals surface area contributed by atoms with Crippen molar-refractivity contribution in [2.75, 3.05) is 52.2 Å². The van der Waals surface area contributed by atoms with E-state index in [-0.39, 0.29) is 11.2 Å². The molecule has 3 aliphatic rings. The molecule has 0 bridgehead atoms. The van der Waals surface area contributed by atoms with E-state index >= 15 is 0 Å². The Labute approximate surface area is 135 Å². The van der Waals surface area contributed by atoms with Crippen molar-refractivity contribution in [1.29, 1.82) is 0 Å². The molecule has 0 aromatic heterocycles. The first kappa shape index (κ1) is 16.7. The summed E-state index contributed by atoms with van der Waals surface area (Å²) in [7, 11) is -1.30. The van der Waals surface area contributed by atoms with Crippen LogP contribution in [0.2, 0.25) is 0 Å². The van der Waals surface area contributed by atoms with Crippen LogP contribution in [-0.4, -0.2) is 69.8 Å². The first-order valence-electron chi connectivity index (χ1n) is 8.68. The van der Waals surface area contributed by atoms with Gasteiger partial charge in [-0.2, -0.15) is 0 Å². The van der Waals surface area contributed by atoms with Crippen LogP contribution >= 0.6 is 0 Å². The molecule has 0 unspecified atom stereocenters. The van der Waals surface area contributed by atoms with Gasteiger partial charge in [0.2, 0.25) is 10.0 Å². The maximum atomic E-state index is 12.4. The summed E-state index contributed by atoms with van der Waals surface area (Å²) < 4.78 is 32.0. The van der Waals surface area contributed by atoms with E-state index in [9.17, 15) is 8.42 Å². The number of methoxy groups -OCH3 is 1. The van der Waals surface area contributed by atoms with Gasteiger partial charge in [-0.1, -0.05) is 6.92 Å². The Morgan fingerprint density at radius 1 is 1.27 bits per heavy atom. The second-order valence-electron chi connectivity index (χ2n) is 7.55. The summed E-state index contributed by atoms with van der Waals surface area (Å²) >= 11 is 0. The molecule has 22 heavy (non-hydrogen) atoms. The molecule has 1 spiro atoms. The second-order valence-corrected chi connectivity index (χ2v) is 9.64. The fourth-order valence-corrected chi connectivity index (χ4v) is 5.92. The number of ether oxygens (including phenoxy) is 1. The molecule has 0 radical (unpaired) electrons. The molecule has 2 aliphatic heterocycles. The zero-order chi connectivity index (χ0) is 15.8. The predicted molar refractivity (Wildman–Crippen MR) is 87.2 cm³/mol. The molecule has 0 aromatic carbocycles. The van der Waals surface area contributed by atoms with Crippen molar-refractivity contribution in [3.8, 4) is 0 Å². The van der Waals surface area contributed by atoms with E-state index in [2.05, 4.69) is 4.90 Å². The summed E-state index contributed by atoms with van der Waals surface area (Å²) in [6.45, 7) is 7.41. The van der Waals surface area contributed by atoms with E-state index < -0.39 is 10.0 Å². The van der Waals surface area contributed by atoms with Crippen LogP contribution < -0.4 is 0 Å². The van der Waals surface area contributed by atoms with E-state index in [0.717, 1.165) is 32.0 Å². The topological polar surface area (TPSA) is 49.9 Å². The van der Waals surface area contributed by atoms with Crippen molar-refractivity contribution in [3.05, 3.63) is 0 Å². The van der Waals surface area contributed by atoms with Gasteiger partial charge in [0.25, 0.3) is 0 Å². The standard InChI is InChI=1S/C16H30N2O3S/c1-3-8-22(19,20)18-7-6-16(13-18)12-17(9-14-4-5-14)10-15(16)11-21-2/h14-15H,3-13H2,1-2H3/t15-,16+/m0/s1. The number of hydrogen-bond donors (Lipinski definition) is 0. The minimum Gasteiger partial charge on any atom is -0.384 e. The zero-order valence-electron chi connectivity index (χ0n) is 14.0. The molecule has 5 nitrogen and oxygen atoms in total. The highest BCUT2D eigenvalue weighted by Gasteiger charge is 2.52. The van der Waals surface area contributed by atoms with Crippen LogP contribution in [0.3, 0.4) is 0 Å². The lowest BCUT2D eigenvalue weighted by Crippen LogP contribution is -2.38. The summed E-state index contributed by atoms with van der Waals surface area (Å²) in [4.78, 5) is 2.57. The first-order chi connectivity index (χ1) is 10.5. The highest BCUT2D eigenvalue weighted by atomic mass is 32.2. The average Bonchev–Trinajstić information content (AvgIpc) is 3.05. The molecular formula is C16H30N2O3S. The normalized spacial score (nSPS) is 34.0. The number of rotatable bonds is 7. The Morgan fingerprint density at radius 3 is 2.68 bits per heavy atom. The average molecular weight is 330 g/mol. The van der Waals surface area contributed by atoms with Crippen molar-refractivity contribution in [3.63, 3.8) is 0 Å². The fraction of sp³-hybridized carbons (Fsp3) is 1.00. The highest BCUT2D eigenvalue weighted by Crippen LogP contribution is 2.46. The first-order valence-corrected chi connectivity index (χ1v) is 10.3. The highest BCUT2D eigenvalue weighted by molar-refractivity contribution is 7.89. The van der Waals surface area contributed by atoms with Gasteiger partial charge < -0.3 is 9.64 Å². The Hall–Kier alpha value is -0.170. The maximum Gasteiger partial charge on any atom is 0.214 e. The molecule has 3 fully saturated rings. The summed E-state index contributed by atoms with van der Waals surface area (Å²) in [5, 5.41) is 0. The van der Waals surface area contributed by atoms with Crippen LogP contribution in [0.25, 0.3) is 0 Å². The lowest BCUT2D eigenvalue weighted by Gasteiger charge is -2.30. The monoisotopic (exact) mass is 330 g/mol. The summed E-state index contributed by atoms with van der Waals surface area (Å²) in [5.74, 6) is 1.64. The van der Waals surface area contributed by atoms with Gasteiger partial charge in [0.05, 0.1) is 12.4 Å². The van der Waals surface area contributed by atoms with Crippen molar-refractivity contribution >= 4 is 10.0 Å². The smallest absolute Gasteiger partial charge is 0.214 e. The molecular weight excluding hydrogens is 300 g/mol. The SMILES string of the molecule is CCCS(=O)(=O)N1CC[C@@]2(CN(CC3CC3)C[C@H]2COC)C1. The molecule has 2 atom stereocenters. The van der Waals surface area contributed by atoms with E-state index in [1.54, 1.807) is 11.4 Å². The van der Waals surface area contributed by atoms with Crippen molar-refractivity contribution in [1.82, 2.24) is 9.21 Å². The van der Waals surface area contributed by atoms with Crippen LogP contribution in [0, 0.1) is 17.3 Å². The van der Waals surface area contributed by atoms with Crippen molar-refractivity contribution < 1.29 is 13.2 Å². The van der Waals surface area contributed by atoms with Crippen LogP contribution in [0.15, 0.2) is 0 Å². The summed E-state index contributed by atoms with van der Waals surface area (Å²) in [6.07, 6.45) is 4.43. The largest absolute Gasteiger partial charge is 0.384 e. The molecule has 0 N–H and O–H groups in total. The van der Waals surface area contributed by atoms with Gasteiger partial charge in [-0.3, -0.25) is 0 Å². The lowest BCUT2D eigenvalue weighted by molar-refractivity contribution is 0.101. The predicted octanol–water partition coefficient (Wildman–Crippen LogP) is 1.41. The van der Waals surface area contributed by atoms with E-state index in [1.165, 1.54) is 19.4 Å². The fourth-order valence-electron chi connectivity index (χ4n) is 4.32. The van der Waals surface area contributed by atoms with Gasteiger partial charge in [0.1, 0.15) is 0 Å². The molecule has 0 aromatic rings. The molecule has 1 saturated carbocycles. The van der Waals surface area contributed by atoms with Gasteiger partial charge in [0, 0.05) is 51.2 Å². The van der Waals surface area contributed by atoms with Gasteiger partial charge >= 0.3 is 0 Å². The van der Waals surface area contributed by atoms with Gasteiger partial charge in [-0.15, -0.1) is 0 Å². The Balaban J connectivity index is 1.70. The van der Waals surface area contributed by atoms with Gasteiger partial charge in [0.15, 0.2) is 0 Å². The molecule has 3 rings (SSSR count). The maximum absolute atomic E-state index is 12.4. The zero-order valence-corrected chi connectivity index (χ0v) is 14.8. The van der Waals surface area contributed by atoms with E-state index in [1.807, 2.05) is 6.92 Å². The minimum absolute atomic E-state index is 0.117. The van der Waals surface area contributed by atoms with Crippen molar-refractivity contribution in [2.45, 2.75) is 32.6 Å². The Morgan fingerprint density at radius 2 is 2.05 bits per heavy atom. The molecule has 128 valence electrons. The van der Waals surface area contributed by atoms with Crippen LogP contribution in [0.5, 0.6) is 0 Å².